The van der Waals surface area contributed by atoms with Crippen molar-refractivity contribution in [2.75, 3.05) is 6.54 Å². The van der Waals surface area contributed by atoms with Crippen molar-refractivity contribution in [1.29, 1.82) is 0 Å². The quantitative estimate of drug-likeness (QED) is 0.882. The number of carbonyl (C=O) groups is 1. The molecule has 1 amide bonds. The molecule has 0 atom stereocenters. The van der Waals surface area contributed by atoms with Gasteiger partial charge < -0.3 is 11.1 Å². The number of rotatable bonds is 4. The Morgan fingerprint density at radius 3 is 2.28 bits per heavy atom. The van der Waals surface area contributed by atoms with Crippen molar-refractivity contribution >= 4 is 18.3 Å². The largest absolute Gasteiger partial charge is 0.354 e. The SMILES string of the molecule is CC(C)(N)CNC(=O)Cc1c(F)cccc1F.Cl. The van der Waals surface area contributed by atoms with Gasteiger partial charge in [0.25, 0.3) is 0 Å². The zero-order valence-corrected chi connectivity index (χ0v) is 11.1. The first-order valence-corrected chi connectivity index (χ1v) is 5.28. The maximum Gasteiger partial charge on any atom is 0.224 e. The van der Waals surface area contributed by atoms with E-state index in [1.54, 1.807) is 13.8 Å². The van der Waals surface area contributed by atoms with Gasteiger partial charge >= 0.3 is 0 Å². The molecule has 3 N–H and O–H groups in total. The predicted octanol–water partition coefficient (Wildman–Crippen LogP) is 1.78. The van der Waals surface area contributed by atoms with Gasteiger partial charge in [0, 0.05) is 17.6 Å². The van der Waals surface area contributed by atoms with Crippen LogP contribution in [0.25, 0.3) is 0 Å². The van der Waals surface area contributed by atoms with E-state index in [9.17, 15) is 13.6 Å². The fourth-order valence-corrected chi connectivity index (χ4v) is 1.25. The summed E-state index contributed by atoms with van der Waals surface area (Å²) in [6.45, 7) is 3.75. The van der Waals surface area contributed by atoms with E-state index < -0.39 is 23.1 Å². The number of halogens is 3. The summed E-state index contributed by atoms with van der Waals surface area (Å²) in [6.07, 6.45) is -0.325. The van der Waals surface area contributed by atoms with Crippen LogP contribution in [0.1, 0.15) is 19.4 Å². The molecule has 0 radical (unpaired) electrons. The third kappa shape index (κ3) is 5.42. The number of hydrogen-bond acceptors (Lipinski definition) is 2. The lowest BCUT2D eigenvalue weighted by Crippen LogP contribution is -2.45. The minimum Gasteiger partial charge on any atom is -0.354 e. The van der Waals surface area contributed by atoms with Crippen LogP contribution < -0.4 is 11.1 Å². The van der Waals surface area contributed by atoms with Crippen molar-refractivity contribution < 1.29 is 13.6 Å². The molecule has 0 aliphatic heterocycles. The van der Waals surface area contributed by atoms with Gasteiger partial charge in [-0.15, -0.1) is 12.4 Å². The highest BCUT2D eigenvalue weighted by Gasteiger charge is 2.15. The minimum atomic E-state index is -0.716. The van der Waals surface area contributed by atoms with Crippen LogP contribution in [0.15, 0.2) is 18.2 Å². The van der Waals surface area contributed by atoms with Crippen molar-refractivity contribution in [2.45, 2.75) is 25.8 Å². The van der Waals surface area contributed by atoms with E-state index >= 15 is 0 Å². The molecule has 1 aromatic rings. The summed E-state index contributed by atoms with van der Waals surface area (Å²) in [7, 11) is 0. The summed E-state index contributed by atoms with van der Waals surface area (Å²) in [6, 6.07) is 3.51. The van der Waals surface area contributed by atoms with E-state index in [4.69, 9.17) is 5.73 Å². The van der Waals surface area contributed by atoms with E-state index in [1.165, 1.54) is 6.07 Å². The molecule has 0 aliphatic rings. The van der Waals surface area contributed by atoms with Crippen molar-refractivity contribution in [1.82, 2.24) is 5.32 Å². The number of nitrogens with one attached hydrogen (secondary N) is 1. The zero-order chi connectivity index (χ0) is 13.1. The Balaban J connectivity index is 0.00000289. The normalized spacial score (nSPS) is 10.7. The van der Waals surface area contributed by atoms with Gasteiger partial charge in [0.15, 0.2) is 0 Å². The molecule has 0 aromatic heterocycles. The highest BCUT2D eigenvalue weighted by molar-refractivity contribution is 5.85. The van der Waals surface area contributed by atoms with Gasteiger partial charge in [0.1, 0.15) is 11.6 Å². The van der Waals surface area contributed by atoms with Crippen LogP contribution >= 0.6 is 12.4 Å². The van der Waals surface area contributed by atoms with Crippen LogP contribution in [0.3, 0.4) is 0 Å². The number of nitrogens with two attached hydrogens (primary N) is 1. The molecule has 0 saturated heterocycles. The third-order valence-electron chi connectivity index (χ3n) is 2.14. The lowest BCUT2D eigenvalue weighted by Gasteiger charge is -2.18. The highest BCUT2D eigenvalue weighted by Crippen LogP contribution is 2.12. The second-order valence-corrected chi connectivity index (χ2v) is 4.64. The first-order chi connectivity index (χ1) is 7.79. The predicted molar refractivity (Wildman–Crippen MR) is 68.6 cm³/mol. The summed E-state index contributed by atoms with van der Waals surface area (Å²) in [5, 5.41) is 2.53. The second-order valence-electron chi connectivity index (χ2n) is 4.64. The summed E-state index contributed by atoms with van der Waals surface area (Å²) in [4.78, 5) is 11.5. The van der Waals surface area contributed by atoms with Crippen molar-refractivity contribution in [3.63, 3.8) is 0 Å². The van der Waals surface area contributed by atoms with Gasteiger partial charge in [-0.2, -0.15) is 0 Å². The Labute approximate surface area is 111 Å². The molecule has 3 nitrogen and oxygen atoms in total. The first-order valence-electron chi connectivity index (χ1n) is 5.28. The van der Waals surface area contributed by atoms with E-state index in [0.717, 1.165) is 12.1 Å². The fourth-order valence-electron chi connectivity index (χ4n) is 1.25. The van der Waals surface area contributed by atoms with Crippen molar-refractivity contribution in [2.24, 2.45) is 5.73 Å². The van der Waals surface area contributed by atoms with E-state index in [2.05, 4.69) is 5.32 Å². The van der Waals surface area contributed by atoms with Crippen LogP contribution in [0.5, 0.6) is 0 Å². The third-order valence-corrected chi connectivity index (χ3v) is 2.14. The minimum absolute atomic E-state index is 0. The maximum atomic E-state index is 13.2. The molecule has 1 rings (SSSR count). The number of amides is 1. The Morgan fingerprint density at radius 1 is 1.33 bits per heavy atom. The van der Waals surface area contributed by atoms with Crippen LogP contribution in [0.4, 0.5) is 8.78 Å². The Kier molecular flexibility index (Phi) is 6.21. The van der Waals surface area contributed by atoms with Crippen molar-refractivity contribution in [3.05, 3.63) is 35.4 Å². The van der Waals surface area contributed by atoms with E-state index in [0.29, 0.717) is 0 Å². The molecule has 0 heterocycles. The van der Waals surface area contributed by atoms with Gasteiger partial charge in [-0.3, -0.25) is 4.79 Å². The molecule has 0 bridgehead atoms. The molecule has 0 spiro atoms. The molecule has 0 unspecified atom stereocenters. The lowest BCUT2D eigenvalue weighted by atomic mass is 10.1. The maximum absolute atomic E-state index is 13.2. The molecule has 0 aliphatic carbocycles. The zero-order valence-electron chi connectivity index (χ0n) is 10.3. The number of benzene rings is 1. The monoisotopic (exact) mass is 278 g/mol. The summed E-state index contributed by atoms with van der Waals surface area (Å²) in [5.74, 6) is -1.88. The number of carbonyl (C=O) groups excluding carboxylic acids is 1. The van der Waals surface area contributed by atoms with Gasteiger partial charge in [0.2, 0.25) is 5.91 Å². The average Bonchev–Trinajstić information content (AvgIpc) is 2.20. The summed E-state index contributed by atoms with van der Waals surface area (Å²) in [5.41, 5.74) is 4.90. The molecule has 6 heteroatoms. The fraction of sp³-hybridized carbons (Fsp3) is 0.417. The van der Waals surface area contributed by atoms with Crippen molar-refractivity contribution in [3.8, 4) is 0 Å². The van der Waals surface area contributed by atoms with Crippen LogP contribution in [0.2, 0.25) is 0 Å². The molecular weight excluding hydrogens is 262 g/mol. The van der Waals surface area contributed by atoms with Crippen LogP contribution in [-0.4, -0.2) is 18.0 Å². The number of hydrogen-bond donors (Lipinski definition) is 2. The molecule has 102 valence electrons. The molecule has 1 aromatic carbocycles. The van der Waals surface area contributed by atoms with Crippen LogP contribution in [0, 0.1) is 11.6 Å². The van der Waals surface area contributed by atoms with Gasteiger partial charge in [-0.25, -0.2) is 8.78 Å². The van der Waals surface area contributed by atoms with Gasteiger partial charge in [0.05, 0.1) is 6.42 Å². The Hall–Kier alpha value is -1.20. The molecule has 0 saturated carbocycles. The van der Waals surface area contributed by atoms with E-state index in [-0.39, 0.29) is 30.9 Å². The van der Waals surface area contributed by atoms with Crippen LogP contribution in [-0.2, 0) is 11.2 Å². The first kappa shape index (κ1) is 16.8. The van der Waals surface area contributed by atoms with E-state index in [1.807, 2.05) is 0 Å². The smallest absolute Gasteiger partial charge is 0.224 e. The molecular formula is C12H17ClF2N2O. The van der Waals surface area contributed by atoms with Gasteiger partial charge in [-0.05, 0) is 26.0 Å². The summed E-state index contributed by atoms with van der Waals surface area (Å²) >= 11 is 0. The topological polar surface area (TPSA) is 55.1 Å². The molecule has 0 fully saturated rings. The lowest BCUT2D eigenvalue weighted by molar-refractivity contribution is -0.120. The van der Waals surface area contributed by atoms with Gasteiger partial charge in [-0.1, -0.05) is 6.07 Å². The highest BCUT2D eigenvalue weighted by atomic mass is 35.5. The Bertz CT molecular complexity index is 399. The second kappa shape index (κ2) is 6.66. The average molecular weight is 279 g/mol. The summed E-state index contributed by atoms with van der Waals surface area (Å²) < 4.78 is 26.5. The molecule has 18 heavy (non-hydrogen) atoms. The standard InChI is InChI=1S/C12H16F2N2O.ClH/c1-12(2,15)7-16-11(17)6-8-9(13)4-3-5-10(8)14;/h3-5H,6-7,15H2,1-2H3,(H,16,17);1H. The Morgan fingerprint density at radius 2 is 1.83 bits per heavy atom.